The molecule has 0 saturated heterocycles. The van der Waals surface area contributed by atoms with Gasteiger partial charge in [0, 0.05) is 33.3 Å². The molecule has 0 fully saturated rings. The summed E-state index contributed by atoms with van der Waals surface area (Å²) in [6, 6.07) is 12.1. The average Bonchev–Trinajstić information content (AvgIpc) is 2.93. The van der Waals surface area contributed by atoms with E-state index in [2.05, 4.69) is 15.0 Å². The van der Waals surface area contributed by atoms with E-state index in [9.17, 15) is 18.0 Å². The van der Waals surface area contributed by atoms with E-state index in [0.29, 0.717) is 34.6 Å². The number of nitrogens with zero attached hydrogens (tertiary/aromatic N) is 1. The van der Waals surface area contributed by atoms with Gasteiger partial charge in [0.25, 0.3) is 0 Å². The molecule has 14 heteroatoms. The molecule has 0 bridgehead atoms. The maximum atomic E-state index is 15.6. The van der Waals surface area contributed by atoms with Crippen LogP contribution in [-0.4, -0.2) is 44.5 Å². The van der Waals surface area contributed by atoms with Gasteiger partial charge < -0.3 is 41.4 Å². The second kappa shape index (κ2) is 15.1. The van der Waals surface area contributed by atoms with Crippen molar-refractivity contribution in [3.63, 3.8) is 0 Å². The van der Waals surface area contributed by atoms with E-state index in [1.807, 2.05) is 6.92 Å². The summed E-state index contributed by atoms with van der Waals surface area (Å²) >= 11 is 6.39. The molecule has 0 aliphatic rings. The molecule has 0 spiro atoms. The fourth-order valence-corrected chi connectivity index (χ4v) is 4.30. The van der Waals surface area contributed by atoms with E-state index < -0.39 is 30.9 Å². The smallest absolute Gasteiger partial charge is 0.573 e. The Morgan fingerprint density at radius 1 is 0.977 bits per heavy atom. The number of fused-ring (bicyclic) bond motifs is 1. The first-order valence-electron chi connectivity index (χ1n) is 13.0. The van der Waals surface area contributed by atoms with Gasteiger partial charge in [-0.15, -0.1) is 13.2 Å². The van der Waals surface area contributed by atoms with E-state index in [-0.39, 0.29) is 47.4 Å². The van der Waals surface area contributed by atoms with Gasteiger partial charge in [-0.05, 0) is 88.0 Å². The third kappa shape index (κ3) is 9.01. The van der Waals surface area contributed by atoms with Gasteiger partial charge in [0.15, 0.2) is 0 Å². The number of rotatable bonds is 11. The summed E-state index contributed by atoms with van der Waals surface area (Å²) in [5.41, 5.74) is 2.12. The van der Waals surface area contributed by atoms with E-state index in [4.69, 9.17) is 30.5 Å². The zero-order valence-electron chi connectivity index (χ0n) is 23.7. The number of ether oxygens (including phenoxy) is 5. The minimum atomic E-state index is -4.83. The molecule has 0 saturated carbocycles. The minimum absolute atomic E-state index is 0. The van der Waals surface area contributed by atoms with E-state index in [1.54, 1.807) is 26.1 Å². The molecular weight excluding hydrogens is 631 g/mol. The highest BCUT2D eigenvalue weighted by molar-refractivity contribution is 6.32. The van der Waals surface area contributed by atoms with Crippen LogP contribution in [0.25, 0.3) is 22.0 Å². The Morgan fingerprint density at radius 2 is 1.66 bits per heavy atom. The first kappa shape index (κ1) is 34.5. The largest absolute Gasteiger partial charge is 1.00 e. The molecule has 0 aliphatic carbocycles. The maximum Gasteiger partial charge on any atom is 0.573 e. The monoisotopic (exact) mass is 657 g/mol. The average molecular weight is 658 g/mol. The van der Waals surface area contributed by atoms with Crippen LogP contribution in [0.4, 0.5) is 22.4 Å². The highest BCUT2D eigenvalue weighted by Gasteiger charge is 2.31. The zero-order valence-corrected chi connectivity index (χ0v) is 25.2. The summed E-state index contributed by atoms with van der Waals surface area (Å²) in [4.78, 5) is 16.6. The Balaban J connectivity index is 0.00000529. The molecule has 44 heavy (non-hydrogen) atoms. The van der Waals surface area contributed by atoms with Gasteiger partial charge in [0.05, 0.1) is 12.1 Å². The Morgan fingerprint density at radius 3 is 2.32 bits per heavy atom. The lowest BCUT2D eigenvalue weighted by Crippen LogP contribution is -3.00. The lowest BCUT2D eigenvalue weighted by Gasteiger charge is -2.18. The summed E-state index contributed by atoms with van der Waals surface area (Å²) in [6.45, 7) is 3.78. The first-order valence-corrected chi connectivity index (χ1v) is 13.3. The Bertz CT molecular complexity index is 1600. The van der Waals surface area contributed by atoms with Crippen LogP contribution < -0.4 is 31.9 Å². The molecule has 0 amide bonds. The van der Waals surface area contributed by atoms with Crippen molar-refractivity contribution >= 4 is 28.7 Å². The van der Waals surface area contributed by atoms with Gasteiger partial charge in [-0.1, -0.05) is 11.6 Å². The van der Waals surface area contributed by atoms with Crippen LogP contribution in [-0.2, 0) is 9.47 Å². The highest BCUT2D eigenvalue weighted by atomic mass is 35.5. The number of carbonyl (C=O) groups excluding carboxylic acids is 1. The van der Waals surface area contributed by atoms with Crippen molar-refractivity contribution in [2.75, 3.05) is 27.0 Å². The first-order chi connectivity index (χ1) is 20.4. The van der Waals surface area contributed by atoms with Gasteiger partial charge in [-0.2, -0.15) is 0 Å². The molecule has 4 rings (SSSR count). The summed E-state index contributed by atoms with van der Waals surface area (Å²) in [6.07, 6.45) is -5.16. The number of alkyl halides is 3. The van der Waals surface area contributed by atoms with Crippen LogP contribution in [0.15, 0.2) is 54.6 Å². The molecule has 1 heterocycles. The summed E-state index contributed by atoms with van der Waals surface area (Å²) in [5, 5.41) is 3.82. The third-order valence-electron chi connectivity index (χ3n) is 6.07. The van der Waals surface area contributed by atoms with Crippen LogP contribution >= 0.6 is 11.6 Å². The number of aromatic nitrogens is 1. The van der Waals surface area contributed by atoms with Crippen LogP contribution in [0.2, 0.25) is 5.02 Å². The molecule has 0 unspecified atom stereocenters. The van der Waals surface area contributed by atoms with Crippen LogP contribution in [0.3, 0.4) is 0 Å². The quantitative estimate of drug-likeness (QED) is 0.103. The molecule has 0 aliphatic heterocycles. The fourth-order valence-electron chi connectivity index (χ4n) is 4.13. The van der Waals surface area contributed by atoms with Crippen molar-refractivity contribution in [2.45, 2.75) is 26.6 Å². The maximum absolute atomic E-state index is 15.6. The van der Waals surface area contributed by atoms with Gasteiger partial charge in [0.1, 0.15) is 28.8 Å². The minimum Gasteiger partial charge on any atom is -1.00 e. The van der Waals surface area contributed by atoms with Gasteiger partial charge in [-0.25, -0.2) is 9.18 Å². The molecule has 1 N–H and O–H groups in total. The number of carbonyl (C=O) groups is 1. The fraction of sp³-hybridized carbons (Fsp3) is 0.267. The van der Waals surface area contributed by atoms with Crippen molar-refractivity contribution in [2.24, 2.45) is 0 Å². The lowest BCUT2D eigenvalue weighted by atomic mass is 9.99. The van der Waals surface area contributed by atoms with E-state index in [1.165, 1.54) is 24.3 Å². The van der Waals surface area contributed by atoms with Crippen LogP contribution in [0.1, 0.15) is 17.7 Å². The lowest BCUT2D eigenvalue weighted by molar-refractivity contribution is -0.274. The topological polar surface area (TPSA) is 88.1 Å². The molecular formula is C30H27Cl2F4N2O6-. The van der Waals surface area contributed by atoms with Crippen molar-refractivity contribution in [3.8, 4) is 34.1 Å². The number of hydrogen-bond acceptors (Lipinski definition) is 8. The van der Waals surface area contributed by atoms with Crippen molar-refractivity contribution in [1.82, 2.24) is 10.3 Å². The third-order valence-corrected chi connectivity index (χ3v) is 6.48. The number of halogens is 6. The molecule has 236 valence electrons. The van der Waals surface area contributed by atoms with E-state index in [0.717, 1.165) is 23.8 Å². The van der Waals surface area contributed by atoms with Crippen molar-refractivity contribution < 1.29 is 58.4 Å². The second-order valence-corrected chi connectivity index (χ2v) is 9.65. The molecule has 3 aromatic carbocycles. The molecule has 1 aromatic heterocycles. The summed E-state index contributed by atoms with van der Waals surface area (Å²) in [7, 11) is 1.78. The predicted octanol–water partition coefficient (Wildman–Crippen LogP) is 5.11. The van der Waals surface area contributed by atoms with Crippen LogP contribution in [0, 0.1) is 19.7 Å². The Labute approximate surface area is 261 Å². The number of pyridine rings is 1. The summed E-state index contributed by atoms with van der Waals surface area (Å²) in [5.74, 6) is -0.696. The predicted molar refractivity (Wildman–Crippen MR) is 151 cm³/mol. The summed E-state index contributed by atoms with van der Waals surface area (Å²) < 4.78 is 78.3. The number of benzene rings is 3. The van der Waals surface area contributed by atoms with Gasteiger partial charge in [-0.3, -0.25) is 4.98 Å². The molecule has 4 aromatic rings. The Kier molecular flexibility index (Phi) is 11.9. The van der Waals surface area contributed by atoms with Gasteiger partial charge >= 0.3 is 12.5 Å². The van der Waals surface area contributed by atoms with E-state index >= 15 is 4.39 Å². The molecule has 0 atom stereocenters. The zero-order chi connectivity index (χ0) is 31.1. The number of nitrogens with one attached hydrogen (secondary N) is 1. The highest BCUT2D eigenvalue weighted by Crippen LogP contribution is 2.42. The second-order valence-electron chi connectivity index (χ2n) is 9.24. The molecule has 8 nitrogen and oxygen atoms in total. The number of hydrogen-bond donors (Lipinski definition) is 1. The Hall–Kier alpha value is -4.00. The standard InChI is InChI=1S/C30H27ClF4N2O6.ClH/c1-17-13-26-23(15-24(17)31)28(40-16-41-29(38)39-12-4-11-36-3)27(18(2)37-26)22-10-9-21(14-25(22)32)42-19-5-7-20(8-6-19)43-30(33,34)35;/h5-10,13-15,36H,4,11-12,16H2,1-3H3;1H/p-1. The molecule has 0 radical (unpaired) electrons. The van der Waals surface area contributed by atoms with Crippen molar-refractivity contribution in [3.05, 3.63) is 76.7 Å². The van der Waals surface area contributed by atoms with Crippen molar-refractivity contribution in [1.29, 1.82) is 0 Å². The number of aryl methyl sites for hydroxylation is 2. The normalized spacial score (nSPS) is 11.1. The SMILES string of the molecule is CNCCCOC(=O)OCOc1c(-c2ccc(Oc3ccc(OC(F)(F)F)cc3)cc2F)c(C)nc2cc(C)c(Cl)cc12.[Cl-]. The van der Waals surface area contributed by atoms with Gasteiger partial charge in [0.2, 0.25) is 6.79 Å². The van der Waals surface area contributed by atoms with Crippen LogP contribution in [0.5, 0.6) is 23.0 Å².